The van der Waals surface area contributed by atoms with Crippen LogP contribution in [0.3, 0.4) is 0 Å². The minimum atomic E-state index is -0.148. The van der Waals surface area contributed by atoms with Crippen LogP contribution in [0.25, 0.3) is 0 Å². The predicted octanol–water partition coefficient (Wildman–Crippen LogP) is 0.173. The summed E-state index contributed by atoms with van der Waals surface area (Å²) in [6.45, 7) is 2.80. The Balaban J connectivity index is 1.83. The van der Waals surface area contributed by atoms with Crippen molar-refractivity contribution in [3.63, 3.8) is 0 Å². The Hall–Kier alpha value is -0.980. The fourth-order valence-electron chi connectivity index (χ4n) is 1.81. The number of nitrogens with zero attached hydrogens (tertiary/aromatic N) is 3. The molecule has 0 unspecified atom stereocenters. The molecular weight excluding hydrogens is 210 g/mol. The normalized spacial score (nSPS) is 19.1. The minimum Gasteiger partial charge on any atom is -0.393 e. The van der Waals surface area contributed by atoms with Crippen molar-refractivity contribution in [3.05, 3.63) is 11.7 Å². The monoisotopic (exact) mass is 227 g/mol. The van der Waals surface area contributed by atoms with E-state index in [1.165, 1.54) is 0 Å². The summed E-state index contributed by atoms with van der Waals surface area (Å²) in [6.07, 6.45) is 1.50. The smallest absolute Gasteiger partial charge is 0.252 e. The maximum absolute atomic E-state index is 9.37. The molecule has 2 heterocycles. The molecule has 1 aromatic heterocycles. The van der Waals surface area contributed by atoms with E-state index in [-0.39, 0.29) is 6.10 Å². The van der Waals surface area contributed by atoms with E-state index in [0.29, 0.717) is 24.9 Å². The summed E-state index contributed by atoms with van der Waals surface area (Å²) in [7, 11) is 1.59. The summed E-state index contributed by atoms with van der Waals surface area (Å²) in [5.41, 5.74) is 0. The average molecular weight is 227 g/mol. The van der Waals surface area contributed by atoms with E-state index < -0.39 is 0 Å². The number of hydrogen-bond acceptors (Lipinski definition) is 6. The van der Waals surface area contributed by atoms with Gasteiger partial charge in [-0.15, -0.1) is 0 Å². The number of piperidine rings is 1. The summed E-state index contributed by atoms with van der Waals surface area (Å²) in [6, 6.07) is 0. The first-order chi connectivity index (χ1) is 7.78. The van der Waals surface area contributed by atoms with Crippen LogP contribution in [0.1, 0.15) is 24.6 Å². The third-order valence-electron chi connectivity index (χ3n) is 2.70. The van der Waals surface area contributed by atoms with E-state index in [9.17, 15) is 5.11 Å². The van der Waals surface area contributed by atoms with Crippen LogP contribution >= 0.6 is 0 Å². The molecule has 1 aliphatic heterocycles. The number of ether oxygens (including phenoxy) is 1. The number of likely N-dealkylation sites (tertiary alicyclic amines) is 1. The summed E-state index contributed by atoms with van der Waals surface area (Å²) < 4.78 is 9.91. The van der Waals surface area contributed by atoms with Gasteiger partial charge in [0.25, 0.3) is 5.89 Å². The zero-order chi connectivity index (χ0) is 11.4. The maximum Gasteiger partial charge on any atom is 0.252 e. The number of aromatic nitrogens is 2. The number of rotatable bonds is 4. The van der Waals surface area contributed by atoms with Crippen molar-refractivity contribution in [3.8, 4) is 0 Å². The van der Waals surface area contributed by atoms with E-state index in [4.69, 9.17) is 9.26 Å². The van der Waals surface area contributed by atoms with Gasteiger partial charge >= 0.3 is 0 Å². The first kappa shape index (κ1) is 11.5. The lowest BCUT2D eigenvalue weighted by molar-refractivity contribution is 0.0777. The molecule has 1 aliphatic rings. The third kappa shape index (κ3) is 3.01. The van der Waals surface area contributed by atoms with Crippen molar-refractivity contribution in [2.75, 3.05) is 20.2 Å². The predicted molar refractivity (Wildman–Crippen MR) is 55.5 cm³/mol. The highest BCUT2D eigenvalue weighted by molar-refractivity contribution is 4.86. The van der Waals surface area contributed by atoms with Gasteiger partial charge in [0.1, 0.15) is 6.61 Å². The van der Waals surface area contributed by atoms with Gasteiger partial charge in [-0.1, -0.05) is 5.16 Å². The molecule has 1 saturated heterocycles. The molecule has 0 aromatic carbocycles. The molecule has 1 aromatic rings. The molecule has 2 rings (SSSR count). The first-order valence-corrected chi connectivity index (χ1v) is 5.48. The summed E-state index contributed by atoms with van der Waals surface area (Å²) in [4.78, 5) is 6.42. The number of aliphatic hydroxyl groups is 1. The lowest BCUT2D eigenvalue weighted by atomic mass is 10.1. The molecule has 0 bridgehead atoms. The topological polar surface area (TPSA) is 71.6 Å². The van der Waals surface area contributed by atoms with E-state index >= 15 is 0 Å². The van der Waals surface area contributed by atoms with E-state index in [1.807, 2.05) is 0 Å². The van der Waals surface area contributed by atoms with E-state index in [2.05, 4.69) is 15.0 Å². The highest BCUT2D eigenvalue weighted by atomic mass is 16.5. The number of methoxy groups -OCH3 is 1. The maximum atomic E-state index is 9.37. The van der Waals surface area contributed by atoms with Crippen LogP contribution in [-0.2, 0) is 17.9 Å². The fourth-order valence-corrected chi connectivity index (χ4v) is 1.81. The van der Waals surface area contributed by atoms with Crippen LogP contribution in [-0.4, -0.2) is 46.5 Å². The molecule has 6 heteroatoms. The zero-order valence-corrected chi connectivity index (χ0v) is 9.43. The highest BCUT2D eigenvalue weighted by Crippen LogP contribution is 2.12. The fraction of sp³-hybridized carbons (Fsp3) is 0.800. The molecule has 1 N–H and O–H groups in total. The Kier molecular flexibility index (Phi) is 3.87. The second-order valence-corrected chi connectivity index (χ2v) is 4.04. The van der Waals surface area contributed by atoms with Gasteiger partial charge in [-0.25, -0.2) is 0 Å². The molecule has 6 nitrogen and oxygen atoms in total. The highest BCUT2D eigenvalue weighted by Gasteiger charge is 2.18. The summed E-state index contributed by atoms with van der Waals surface area (Å²) >= 11 is 0. The van der Waals surface area contributed by atoms with Crippen molar-refractivity contribution in [2.45, 2.75) is 32.1 Å². The largest absolute Gasteiger partial charge is 0.393 e. The molecule has 0 amide bonds. The molecule has 0 radical (unpaired) electrons. The van der Waals surface area contributed by atoms with Gasteiger partial charge in [-0.3, -0.25) is 4.90 Å². The molecule has 0 saturated carbocycles. The summed E-state index contributed by atoms with van der Waals surface area (Å²) in [5.74, 6) is 1.19. The summed E-state index contributed by atoms with van der Waals surface area (Å²) in [5, 5.41) is 13.3. The first-order valence-electron chi connectivity index (χ1n) is 5.48. The van der Waals surface area contributed by atoms with Crippen molar-refractivity contribution in [1.82, 2.24) is 15.0 Å². The Morgan fingerprint density at radius 3 is 2.94 bits per heavy atom. The molecule has 90 valence electrons. The van der Waals surface area contributed by atoms with Crippen LogP contribution in [0, 0.1) is 0 Å². The van der Waals surface area contributed by atoms with Gasteiger partial charge in [-0.05, 0) is 12.8 Å². The van der Waals surface area contributed by atoms with Crippen LogP contribution in [0.2, 0.25) is 0 Å². The lowest BCUT2D eigenvalue weighted by Gasteiger charge is -2.28. The number of hydrogen-bond donors (Lipinski definition) is 1. The minimum absolute atomic E-state index is 0.148. The van der Waals surface area contributed by atoms with Crippen molar-refractivity contribution >= 4 is 0 Å². The van der Waals surface area contributed by atoms with Crippen molar-refractivity contribution in [1.29, 1.82) is 0 Å². The molecule has 16 heavy (non-hydrogen) atoms. The zero-order valence-electron chi connectivity index (χ0n) is 9.43. The molecule has 0 spiro atoms. The van der Waals surface area contributed by atoms with E-state index in [1.54, 1.807) is 7.11 Å². The van der Waals surface area contributed by atoms with E-state index in [0.717, 1.165) is 25.9 Å². The van der Waals surface area contributed by atoms with Gasteiger partial charge in [0.2, 0.25) is 0 Å². The second kappa shape index (κ2) is 5.38. The Morgan fingerprint density at radius 1 is 1.50 bits per heavy atom. The average Bonchev–Trinajstić information content (AvgIpc) is 2.70. The van der Waals surface area contributed by atoms with Gasteiger partial charge in [0, 0.05) is 20.2 Å². The molecule has 0 atom stereocenters. The Labute approximate surface area is 94.2 Å². The van der Waals surface area contributed by atoms with Crippen LogP contribution < -0.4 is 0 Å². The van der Waals surface area contributed by atoms with Gasteiger partial charge in [0.15, 0.2) is 5.82 Å². The second-order valence-electron chi connectivity index (χ2n) is 4.04. The van der Waals surface area contributed by atoms with Gasteiger partial charge < -0.3 is 14.4 Å². The standard InChI is InChI=1S/C10H17N3O3/c1-15-7-10-11-9(12-16-10)6-13-4-2-8(14)3-5-13/h8,14H,2-7H2,1H3. The molecular formula is C10H17N3O3. The number of aliphatic hydroxyl groups excluding tert-OH is 1. The van der Waals surface area contributed by atoms with Crippen LogP contribution in [0.5, 0.6) is 0 Å². The van der Waals surface area contributed by atoms with Crippen molar-refractivity contribution < 1.29 is 14.4 Å². The lowest BCUT2D eigenvalue weighted by Crippen LogP contribution is -2.35. The SMILES string of the molecule is COCc1nc(CN2CCC(O)CC2)no1. The van der Waals surface area contributed by atoms with Gasteiger partial charge in [-0.2, -0.15) is 4.98 Å². The Bertz CT molecular complexity index is 321. The van der Waals surface area contributed by atoms with Crippen LogP contribution in [0.15, 0.2) is 4.52 Å². The molecule has 1 fully saturated rings. The third-order valence-corrected chi connectivity index (χ3v) is 2.70. The Morgan fingerprint density at radius 2 is 2.25 bits per heavy atom. The quantitative estimate of drug-likeness (QED) is 0.790. The van der Waals surface area contributed by atoms with Crippen molar-refractivity contribution in [2.24, 2.45) is 0 Å². The van der Waals surface area contributed by atoms with Crippen LogP contribution in [0.4, 0.5) is 0 Å². The molecule has 0 aliphatic carbocycles. The van der Waals surface area contributed by atoms with Gasteiger partial charge in [0.05, 0.1) is 12.6 Å².